The van der Waals surface area contributed by atoms with E-state index in [1.165, 1.54) is 6.07 Å². The molecule has 1 saturated heterocycles. The third-order valence-electron chi connectivity index (χ3n) is 3.10. The molecule has 0 aromatic carbocycles. The first kappa shape index (κ1) is 11.9. The molecule has 2 heterocycles. The van der Waals surface area contributed by atoms with Gasteiger partial charge in [-0.15, -0.1) is 0 Å². The fraction of sp³-hybridized carbons (Fsp3) is 0.500. The Bertz CT molecular complexity index is 455. The van der Waals surface area contributed by atoms with Gasteiger partial charge in [-0.1, -0.05) is 6.07 Å². The Kier molecular flexibility index (Phi) is 3.58. The van der Waals surface area contributed by atoms with Gasteiger partial charge in [0.15, 0.2) is 0 Å². The van der Waals surface area contributed by atoms with Crippen LogP contribution in [0.3, 0.4) is 0 Å². The topological polar surface area (TPSA) is 73.4 Å². The minimum Gasteiger partial charge on any atom is -0.394 e. The highest BCUT2D eigenvalue weighted by Crippen LogP contribution is 2.18. The number of carbonyl (C=O) groups excluding carboxylic acids is 1. The summed E-state index contributed by atoms with van der Waals surface area (Å²) in [4.78, 5) is 27.5. The molecule has 1 aliphatic heterocycles. The minimum atomic E-state index is -0.284. The molecule has 1 atom stereocenters. The molecular formula is C12H16N2O3. The maximum atomic E-state index is 12.2. The van der Waals surface area contributed by atoms with Crippen molar-refractivity contribution in [3.05, 3.63) is 34.2 Å². The van der Waals surface area contributed by atoms with Gasteiger partial charge >= 0.3 is 0 Å². The fourth-order valence-electron chi connectivity index (χ4n) is 2.19. The van der Waals surface area contributed by atoms with Gasteiger partial charge in [-0.25, -0.2) is 0 Å². The smallest absolute Gasteiger partial charge is 0.270 e. The Balaban J connectivity index is 2.21. The standard InChI is InChI=1S/C12H16N2O3/c15-8-9-4-1-2-7-14(9)12(17)10-5-3-6-11(16)13-10/h3,5-6,9,15H,1-2,4,7-8H2,(H,13,16). The number of nitrogens with one attached hydrogen (secondary N) is 1. The van der Waals surface area contributed by atoms with Crippen LogP contribution in [0.15, 0.2) is 23.0 Å². The summed E-state index contributed by atoms with van der Waals surface area (Å²) >= 11 is 0. The molecule has 1 fully saturated rings. The van der Waals surface area contributed by atoms with Gasteiger partial charge in [-0.2, -0.15) is 0 Å². The molecule has 0 radical (unpaired) electrons. The number of hydrogen-bond acceptors (Lipinski definition) is 3. The van der Waals surface area contributed by atoms with Crippen molar-refractivity contribution in [2.24, 2.45) is 0 Å². The van der Waals surface area contributed by atoms with Gasteiger partial charge in [0, 0.05) is 12.6 Å². The van der Waals surface area contributed by atoms with Crippen molar-refractivity contribution in [2.45, 2.75) is 25.3 Å². The maximum absolute atomic E-state index is 12.2. The highest BCUT2D eigenvalue weighted by molar-refractivity contribution is 5.92. The van der Waals surface area contributed by atoms with Gasteiger partial charge in [-0.05, 0) is 25.3 Å². The van der Waals surface area contributed by atoms with E-state index in [2.05, 4.69) is 4.98 Å². The number of aromatic nitrogens is 1. The number of pyridine rings is 1. The Morgan fingerprint density at radius 3 is 3.00 bits per heavy atom. The molecule has 5 nitrogen and oxygen atoms in total. The zero-order valence-corrected chi connectivity index (χ0v) is 9.56. The number of rotatable bonds is 2. The van der Waals surface area contributed by atoms with Crippen molar-refractivity contribution >= 4 is 5.91 Å². The van der Waals surface area contributed by atoms with Gasteiger partial charge in [0.25, 0.3) is 5.91 Å². The number of H-pyrrole nitrogens is 1. The van der Waals surface area contributed by atoms with Crippen LogP contribution >= 0.6 is 0 Å². The lowest BCUT2D eigenvalue weighted by atomic mass is 10.0. The second kappa shape index (κ2) is 5.14. The molecule has 1 amide bonds. The first-order valence-electron chi connectivity index (χ1n) is 5.83. The van der Waals surface area contributed by atoms with Crippen LogP contribution in [0.25, 0.3) is 0 Å². The SMILES string of the molecule is O=C(c1cccc(=O)[nH]1)N1CCCCC1CO. The number of aromatic amines is 1. The van der Waals surface area contributed by atoms with E-state index in [1.807, 2.05) is 0 Å². The quantitative estimate of drug-likeness (QED) is 0.778. The molecule has 1 aromatic heterocycles. The van der Waals surface area contributed by atoms with Crippen LogP contribution in [-0.2, 0) is 0 Å². The molecule has 1 aliphatic rings. The predicted octanol–water partition coefficient (Wildman–Crippen LogP) is 0.362. The molecule has 0 aliphatic carbocycles. The Morgan fingerprint density at radius 2 is 2.29 bits per heavy atom. The number of likely N-dealkylation sites (tertiary alicyclic amines) is 1. The van der Waals surface area contributed by atoms with Crippen molar-refractivity contribution in [2.75, 3.05) is 13.2 Å². The van der Waals surface area contributed by atoms with Crippen LogP contribution in [0.1, 0.15) is 29.8 Å². The van der Waals surface area contributed by atoms with Crippen molar-refractivity contribution in [1.82, 2.24) is 9.88 Å². The monoisotopic (exact) mass is 236 g/mol. The van der Waals surface area contributed by atoms with E-state index in [-0.39, 0.29) is 29.8 Å². The first-order chi connectivity index (χ1) is 8.22. The summed E-state index contributed by atoms with van der Waals surface area (Å²) in [5.74, 6) is -0.207. The average molecular weight is 236 g/mol. The van der Waals surface area contributed by atoms with Crippen LogP contribution in [0.2, 0.25) is 0 Å². The van der Waals surface area contributed by atoms with Crippen molar-refractivity contribution in [3.8, 4) is 0 Å². The summed E-state index contributed by atoms with van der Waals surface area (Å²) in [7, 11) is 0. The normalized spacial score (nSPS) is 20.3. The molecule has 2 N–H and O–H groups in total. The molecule has 2 rings (SSSR count). The highest BCUT2D eigenvalue weighted by atomic mass is 16.3. The fourth-order valence-corrected chi connectivity index (χ4v) is 2.19. The third kappa shape index (κ3) is 2.55. The lowest BCUT2D eigenvalue weighted by Gasteiger charge is -2.34. The van der Waals surface area contributed by atoms with Gasteiger partial charge < -0.3 is 15.0 Å². The van der Waals surface area contributed by atoms with Gasteiger partial charge in [0.1, 0.15) is 5.69 Å². The highest BCUT2D eigenvalue weighted by Gasteiger charge is 2.27. The molecule has 0 saturated carbocycles. The number of nitrogens with zero attached hydrogens (tertiary/aromatic N) is 1. The summed E-state index contributed by atoms with van der Waals surface area (Å²) in [6.07, 6.45) is 2.79. The molecular weight excluding hydrogens is 220 g/mol. The van der Waals surface area contributed by atoms with E-state index in [4.69, 9.17) is 0 Å². The van der Waals surface area contributed by atoms with E-state index in [0.29, 0.717) is 6.54 Å². The summed E-state index contributed by atoms with van der Waals surface area (Å²) < 4.78 is 0. The number of amides is 1. The zero-order chi connectivity index (χ0) is 12.3. The maximum Gasteiger partial charge on any atom is 0.270 e. The Hall–Kier alpha value is -1.62. The zero-order valence-electron chi connectivity index (χ0n) is 9.56. The summed E-state index contributed by atoms with van der Waals surface area (Å²) in [6.45, 7) is 0.615. The molecule has 0 bridgehead atoms. The second-order valence-electron chi connectivity index (χ2n) is 4.26. The van der Waals surface area contributed by atoms with Crippen molar-refractivity contribution < 1.29 is 9.90 Å². The van der Waals surface area contributed by atoms with E-state index in [0.717, 1.165) is 19.3 Å². The number of aliphatic hydroxyl groups excluding tert-OH is 1. The average Bonchev–Trinajstić information content (AvgIpc) is 2.38. The van der Waals surface area contributed by atoms with E-state index in [9.17, 15) is 14.7 Å². The number of hydrogen-bond donors (Lipinski definition) is 2. The van der Waals surface area contributed by atoms with Crippen LogP contribution in [0.5, 0.6) is 0 Å². The summed E-state index contributed by atoms with van der Waals surface area (Å²) in [5.41, 5.74) is 0.00579. The number of carbonyl (C=O) groups is 1. The molecule has 17 heavy (non-hydrogen) atoms. The molecule has 5 heteroatoms. The minimum absolute atomic E-state index is 0.0250. The number of piperidine rings is 1. The van der Waals surface area contributed by atoms with E-state index < -0.39 is 0 Å². The van der Waals surface area contributed by atoms with Gasteiger partial charge in [0.2, 0.25) is 5.56 Å². The molecule has 92 valence electrons. The van der Waals surface area contributed by atoms with Crippen LogP contribution in [0, 0.1) is 0 Å². The summed E-state index contributed by atoms with van der Waals surface area (Å²) in [6, 6.07) is 4.40. The molecule has 0 spiro atoms. The molecule has 1 aromatic rings. The largest absolute Gasteiger partial charge is 0.394 e. The second-order valence-corrected chi connectivity index (χ2v) is 4.26. The van der Waals surface area contributed by atoms with Crippen molar-refractivity contribution in [1.29, 1.82) is 0 Å². The van der Waals surface area contributed by atoms with E-state index >= 15 is 0 Å². The van der Waals surface area contributed by atoms with Crippen LogP contribution in [-0.4, -0.2) is 40.1 Å². The first-order valence-corrected chi connectivity index (χ1v) is 5.83. The van der Waals surface area contributed by atoms with Crippen LogP contribution < -0.4 is 5.56 Å². The Morgan fingerprint density at radius 1 is 1.47 bits per heavy atom. The van der Waals surface area contributed by atoms with Crippen LogP contribution in [0.4, 0.5) is 0 Å². The van der Waals surface area contributed by atoms with Crippen molar-refractivity contribution in [3.63, 3.8) is 0 Å². The van der Waals surface area contributed by atoms with Gasteiger partial charge in [0.05, 0.1) is 12.6 Å². The lowest BCUT2D eigenvalue weighted by Crippen LogP contribution is -2.46. The number of aliphatic hydroxyl groups is 1. The summed E-state index contributed by atoms with van der Waals surface area (Å²) in [5, 5.41) is 9.25. The van der Waals surface area contributed by atoms with Gasteiger partial charge in [-0.3, -0.25) is 9.59 Å². The predicted molar refractivity (Wildman–Crippen MR) is 62.8 cm³/mol. The lowest BCUT2D eigenvalue weighted by molar-refractivity contribution is 0.0497. The molecule has 1 unspecified atom stereocenters. The third-order valence-corrected chi connectivity index (χ3v) is 3.10. The Labute approximate surface area is 99.1 Å². The van der Waals surface area contributed by atoms with E-state index in [1.54, 1.807) is 17.0 Å².